The van der Waals surface area contributed by atoms with Gasteiger partial charge in [0.15, 0.2) is 11.5 Å². The fraction of sp³-hybridized carbons (Fsp3) is 0.471. The highest BCUT2D eigenvalue weighted by Crippen LogP contribution is 2.31. The first-order chi connectivity index (χ1) is 9.82. The summed E-state index contributed by atoms with van der Waals surface area (Å²) in [5.41, 5.74) is 2.04. The van der Waals surface area contributed by atoms with Gasteiger partial charge in [0.05, 0.1) is 7.11 Å². The molecule has 0 aromatic heterocycles. The molecule has 0 atom stereocenters. The van der Waals surface area contributed by atoms with Crippen molar-refractivity contribution in [2.75, 3.05) is 20.2 Å². The van der Waals surface area contributed by atoms with Crippen LogP contribution in [0.1, 0.15) is 37.6 Å². The van der Waals surface area contributed by atoms with Crippen LogP contribution in [0.25, 0.3) is 0 Å². The molecule has 2 rings (SSSR count). The van der Waals surface area contributed by atoms with Crippen LogP contribution in [0.2, 0.25) is 0 Å². The molecular weight excluding hydrogens is 266 g/mol. The second kappa shape index (κ2) is 5.80. The Balaban J connectivity index is 2.12. The van der Waals surface area contributed by atoms with Crippen molar-refractivity contribution in [3.8, 4) is 11.5 Å². The Bertz CT molecular complexity index is 570. The molecule has 1 aliphatic heterocycles. The number of carbonyl (C=O) groups excluding carboxylic acids is 1. The quantitative estimate of drug-likeness (QED) is 0.850. The van der Waals surface area contributed by atoms with Gasteiger partial charge in [-0.05, 0) is 30.0 Å². The monoisotopic (exact) mass is 289 g/mol. The van der Waals surface area contributed by atoms with E-state index in [1.54, 1.807) is 17.0 Å². The summed E-state index contributed by atoms with van der Waals surface area (Å²) in [7, 11) is 1.49. The van der Waals surface area contributed by atoms with E-state index in [9.17, 15) is 9.90 Å². The number of hydrogen-bond donors (Lipinski definition) is 1. The number of methoxy groups -OCH3 is 1. The van der Waals surface area contributed by atoms with Crippen molar-refractivity contribution in [2.45, 2.75) is 27.2 Å². The van der Waals surface area contributed by atoms with E-state index in [0.717, 1.165) is 6.42 Å². The molecular formula is C17H23NO3. The predicted octanol–water partition coefficient (Wildman–Crippen LogP) is 3.22. The van der Waals surface area contributed by atoms with Crippen LogP contribution >= 0.6 is 0 Å². The Morgan fingerprint density at radius 1 is 1.33 bits per heavy atom. The highest BCUT2D eigenvalue weighted by Gasteiger charge is 2.24. The molecule has 114 valence electrons. The molecule has 1 aromatic rings. The third-order valence-electron chi connectivity index (χ3n) is 3.89. The minimum absolute atomic E-state index is 0.00807. The van der Waals surface area contributed by atoms with Crippen molar-refractivity contribution in [3.63, 3.8) is 0 Å². The first-order valence-electron chi connectivity index (χ1n) is 7.18. The van der Waals surface area contributed by atoms with Gasteiger partial charge in [0.2, 0.25) is 0 Å². The maximum atomic E-state index is 12.5. The molecule has 0 bridgehead atoms. The zero-order valence-corrected chi connectivity index (χ0v) is 13.1. The lowest BCUT2D eigenvalue weighted by atomic mass is 9.83. The SMILES string of the molecule is COc1ccc(C(=O)N2CC=C(C(C)(C)C)CC2)cc1O. The number of aromatic hydroxyl groups is 1. The summed E-state index contributed by atoms with van der Waals surface area (Å²) in [5.74, 6) is 0.309. The highest BCUT2D eigenvalue weighted by molar-refractivity contribution is 5.95. The molecule has 1 aromatic carbocycles. The minimum Gasteiger partial charge on any atom is -0.504 e. The predicted molar refractivity (Wildman–Crippen MR) is 82.7 cm³/mol. The Morgan fingerprint density at radius 2 is 2.05 bits per heavy atom. The first kappa shape index (κ1) is 15.4. The number of phenolic OH excluding ortho intramolecular Hbond substituents is 1. The van der Waals surface area contributed by atoms with Crippen molar-refractivity contribution in [1.82, 2.24) is 4.90 Å². The van der Waals surface area contributed by atoms with Crippen LogP contribution in [0.4, 0.5) is 0 Å². The van der Waals surface area contributed by atoms with Crippen molar-refractivity contribution in [2.24, 2.45) is 5.41 Å². The van der Waals surface area contributed by atoms with Gasteiger partial charge < -0.3 is 14.7 Å². The molecule has 1 amide bonds. The van der Waals surface area contributed by atoms with Gasteiger partial charge in [-0.1, -0.05) is 32.4 Å². The molecule has 1 aliphatic rings. The fourth-order valence-electron chi connectivity index (χ4n) is 2.54. The summed E-state index contributed by atoms with van der Waals surface area (Å²) in [6, 6.07) is 4.76. The third kappa shape index (κ3) is 3.38. The first-order valence-corrected chi connectivity index (χ1v) is 7.18. The van der Waals surface area contributed by atoms with E-state index >= 15 is 0 Å². The maximum absolute atomic E-state index is 12.5. The minimum atomic E-state index is -0.0582. The van der Waals surface area contributed by atoms with E-state index < -0.39 is 0 Å². The smallest absolute Gasteiger partial charge is 0.254 e. The van der Waals surface area contributed by atoms with Crippen LogP contribution in [-0.4, -0.2) is 36.1 Å². The fourth-order valence-corrected chi connectivity index (χ4v) is 2.54. The standard InChI is InChI=1S/C17H23NO3/c1-17(2,3)13-7-9-18(10-8-13)16(20)12-5-6-15(21-4)14(19)11-12/h5-7,11,19H,8-10H2,1-4H3. The van der Waals surface area contributed by atoms with Gasteiger partial charge in [0.1, 0.15) is 0 Å². The second-order valence-corrected chi connectivity index (χ2v) is 6.37. The normalized spacial score (nSPS) is 15.6. The third-order valence-corrected chi connectivity index (χ3v) is 3.89. The summed E-state index contributed by atoms with van der Waals surface area (Å²) in [6.07, 6.45) is 3.04. The molecule has 21 heavy (non-hydrogen) atoms. The largest absolute Gasteiger partial charge is 0.504 e. The average molecular weight is 289 g/mol. The summed E-state index contributed by atoms with van der Waals surface area (Å²) in [4.78, 5) is 14.3. The Morgan fingerprint density at radius 3 is 2.52 bits per heavy atom. The van der Waals surface area contributed by atoms with E-state index in [1.807, 2.05) is 0 Å². The second-order valence-electron chi connectivity index (χ2n) is 6.37. The molecule has 0 aliphatic carbocycles. The van der Waals surface area contributed by atoms with Gasteiger partial charge in [0.25, 0.3) is 5.91 Å². The number of phenols is 1. The van der Waals surface area contributed by atoms with Crippen LogP contribution < -0.4 is 4.74 Å². The van der Waals surface area contributed by atoms with Crippen LogP contribution in [0, 0.1) is 5.41 Å². The van der Waals surface area contributed by atoms with Crippen molar-refractivity contribution < 1.29 is 14.6 Å². The number of benzene rings is 1. The molecule has 1 N–H and O–H groups in total. The van der Waals surface area contributed by atoms with Crippen LogP contribution in [0.15, 0.2) is 29.8 Å². The lowest BCUT2D eigenvalue weighted by Crippen LogP contribution is -2.36. The Hall–Kier alpha value is -1.97. The summed E-state index contributed by atoms with van der Waals surface area (Å²) >= 11 is 0. The topological polar surface area (TPSA) is 49.8 Å². The van der Waals surface area contributed by atoms with Gasteiger partial charge in [-0.15, -0.1) is 0 Å². The number of amides is 1. The van der Waals surface area contributed by atoms with Gasteiger partial charge in [0, 0.05) is 18.7 Å². The molecule has 0 saturated carbocycles. The van der Waals surface area contributed by atoms with Crippen LogP contribution in [0.3, 0.4) is 0 Å². The molecule has 0 spiro atoms. The van der Waals surface area contributed by atoms with Crippen LogP contribution in [-0.2, 0) is 0 Å². The molecule has 0 unspecified atom stereocenters. The average Bonchev–Trinajstić information content (AvgIpc) is 2.45. The molecule has 0 radical (unpaired) electrons. The molecule has 4 nitrogen and oxygen atoms in total. The molecule has 0 fully saturated rings. The van der Waals surface area contributed by atoms with Gasteiger partial charge in [-0.25, -0.2) is 0 Å². The van der Waals surface area contributed by atoms with E-state index in [2.05, 4.69) is 26.8 Å². The molecule has 4 heteroatoms. The van der Waals surface area contributed by atoms with Gasteiger partial charge >= 0.3 is 0 Å². The zero-order chi connectivity index (χ0) is 15.6. The molecule has 0 saturated heterocycles. The summed E-state index contributed by atoms with van der Waals surface area (Å²) in [6.45, 7) is 7.92. The van der Waals surface area contributed by atoms with Crippen molar-refractivity contribution >= 4 is 5.91 Å². The number of carbonyl (C=O) groups is 1. The van der Waals surface area contributed by atoms with E-state index in [-0.39, 0.29) is 17.1 Å². The van der Waals surface area contributed by atoms with E-state index in [1.165, 1.54) is 18.7 Å². The van der Waals surface area contributed by atoms with Crippen molar-refractivity contribution in [1.29, 1.82) is 0 Å². The zero-order valence-electron chi connectivity index (χ0n) is 13.1. The number of rotatable bonds is 2. The Kier molecular flexibility index (Phi) is 4.26. The van der Waals surface area contributed by atoms with E-state index in [4.69, 9.17) is 4.74 Å². The molecule has 1 heterocycles. The number of nitrogens with zero attached hydrogens (tertiary/aromatic N) is 1. The lowest BCUT2D eigenvalue weighted by molar-refractivity contribution is 0.0764. The summed E-state index contributed by atoms with van der Waals surface area (Å²) in [5, 5.41) is 9.78. The van der Waals surface area contributed by atoms with Gasteiger partial charge in [-0.3, -0.25) is 4.79 Å². The van der Waals surface area contributed by atoms with Gasteiger partial charge in [-0.2, -0.15) is 0 Å². The maximum Gasteiger partial charge on any atom is 0.254 e. The number of ether oxygens (including phenoxy) is 1. The lowest BCUT2D eigenvalue weighted by Gasteiger charge is -2.32. The van der Waals surface area contributed by atoms with Crippen molar-refractivity contribution in [3.05, 3.63) is 35.4 Å². The van der Waals surface area contributed by atoms with E-state index in [0.29, 0.717) is 24.4 Å². The van der Waals surface area contributed by atoms with Crippen LogP contribution in [0.5, 0.6) is 11.5 Å². The Labute approximate surface area is 126 Å². The highest BCUT2D eigenvalue weighted by atomic mass is 16.5. The number of hydrogen-bond acceptors (Lipinski definition) is 3. The summed E-state index contributed by atoms with van der Waals surface area (Å²) < 4.78 is 4.99.